The van der Waals surface area contributed by atoms with E-state index in [1.165, 1.54) is 0 Å². The van der Waals surface area contributed by atoms with Crippen LogP contribution in [0, 0.1) is 11.3 Å². The van der Waals surface area contributed by atoms with E-state index in [0.717, 1.165) is 6.42 Å². The van der Waals surface area contributed by atoms with Gasteiger partial charge >= 0.3 is 0 Å². The zero-order chi connectivity index (χ0) is 9.78. The highest BCUT2D eigenvalue weighted by Gasteiger charge is 2.22. The fourth-order valence-electron chi connectivity index (χ4n) is 0.991. The lowest BCUT2D eigenvalue weighted by molar-refractivity contribution is -0.127. The topological polar surface area (TPSA) is 17.1 Å². The third-order valence-corrected chi connectivity index (χ3v) is 1.94. The fraction of sp³-hybridized carbons (Fsp3) is 0.727. The predicted octanol–water partition coefficient (Wildman–Crippen LogP) is 3.20. The molecular weight excluding hydrogens is 148 g/mol. The molecule has 12 heavy (non-hydrogen) atoms. The van der Waals surface area contributed by atoms with Crippen LogP contribution in [0.15, 0.2) is 12.7 Å². The Balaban J connectivity index is 3.92. The van der Waals surface area contributed by atoms with Gasteiger partial charge in [0.2, 0.25) is 0 Å². The largest absolute Gasteiger partial charge is 0.299 e. The minimum Gasteiger partial charge on any atom is -0.299 e. The Morgan fingerprint density at radius 1 is 1.50 bits per heavy atom. The summed E-state index contributed by atoms with van der Waals surface area (Å²) in [6, 6.07) is 0. The minimum atomic E-state index is -0.185. The van der Waals surface area contributed by atoms with Gasteiger partial charge in [-0.3, -0.25) is 4.79 Å². The summed E-state index contributed by atoms with van der Waals surface area (Å²) < 4.78 is 0. The average molecular weight is 168 g/mol. The first kappa shape index (κ1) is 11.4. The summed E-state index contributed by atoms with van der Waals surface area (Å²) in [6.45, 7) is 11.7. The monoisotopic (exact) mass is 168 g/mol. The van der Waals surface area contributed by atoms with E-state index in [9.17, 15) is 4.79 Å². The van der Waals surface area contributed by atoms with Crippen LogP contribution in [0.5, 0.6) is 0 Å². The number of hydrogen-bond donors (Lipinski definition) is 0. The summed E-state index contributed by atoms with van der Waals surface area (Å²) >= 11 is 0. The maximum atomic E-state index is 11.5. The molecule has 0 bridgehead atoms. The molecular formula is C11H20O. The molecule has 0 radical (unpaired) electrons. The molecule has 0 saturated heterocycles. The van der Waals surface area contributed by atoms with Gasteiger partial charge in [-0.05, 0) is 12.3 Å². The van der Waals surface area contributed by atoms with Crippen LogP contribution in [0.2, 0.25) is 0 Å². The molecule has 70 valence electrons. The highest BCUT2D eigenvalue weighted by atomic mass is 16.1. The highest BCUT2D eigenvalue weighted by molar-refractivity contribution is 5.83. The molecule has 0 aromatic rings. The smallest absolute Gasteiger partial charge is 0.138 e. The standard InChI is InChI=1S/C11H20O/c1-6-7-9(2)8-10(12)11(3,4)5/h6,9H,1,7-8H2,2-5H3. The van der Waals surface area contributed by atoms with Crippen molar-refractivity contribution in [2.75, 3.05) is 0 Å². The first-order valence-corrected chi connectivity index (χ1v) is 4.52. The van der Waals surface area contributed by atoms with Crippen molar-refractivity contribution in [3.63, 3.8) is 0 Å². The Bertz CT molecular complexity index is 162. The van der Waals surface area contributed by atoms with E-state index in [0.29, 0.717) is 18.1 Å². The van der Waals surface area contributed by atoms with Gasteiger partial charge in [0.15, 0.2) is 0 Å². The summed E-state index contributed by atoms with van der Waals surface area (Å²) in [5.41, 5.74) is -0.185. The van der Waals surface area contributed by atoms with Gasteiger partial charge in [-0.2, -0.15) is 0 Å². The summed E-state index contributed by atoms with van der Waals surface area (Å²) in [4.78, 5) is 11.5. The molecule has 0 fully saturated rings. The lowest BCUT2D eigenvalue weighted by Crippen LogP contribution is -2.21. The number of allylic oxidation sites excluding steroid dienone is 1. The molecule has 0 aliphatic rings. The molecule has 1 unspecified atom stereocenters. The minimum absolute atomic E-state index is 0.185. The van der Waals surface area contributed by atoms with Gasteiger partial charge in [-0.15, -0.1) is 6.58 Å². The Hall–Kier alpha value is -0.590. The molecule has 0 saturated carbocycles. The Labute approximate surface area is 75.9 Å². The van der Waals surface area contributed by atoms with E-state index >= 15 is 0 Å². The molecule has 0 aliphatic heterocycles. The summed E-state index contributed by atoms with van der Waals surface area (Å²) in [6.07, 6.45) is 3.48. The van der Waals surface area contributed by atoms with Crippen LogP contribution in [0.1, 0.15) is 40.5 Å². The van der Waals surface area contributed by atoms with Crippen molar-refractivity contribution in [1.29, 1.82) is 0 Å². The third-order valence-electron chi connectivity index (χ3n) is 1.94. The molecule has 0 aliphatic carbocycles. The van der Waals surface area contributed by atoms with Gasteiger partial charge in [-0.1, -0.05) is 33.8 Å². The zero-order valence-electron chi connectivity index (χ0n) is 8.68. The van der Waals surface area contributed by atoms with E-state index in [2.05, 4.69) is 13.5 Å². The van der Waals surface area contributed by atoms with Crippen molar-refractivity contribution in [1.82, 2.24) is 0 Å². The number of ketones is 1. The molecule has 0 N–H and O–H groups in total. The molecule has 0 heterocycles. The number of Topliss-reactive ketones (excluding diaryl/α,β-unsaturated/α-hetero) is 1. The van der Waals surface area contributed by atoms with E-state index in [1.807, 2.05) is 26.8 Å². The van der Waals surface area contributed by atoms with Crippen LogP contribution < -0.4 is 0 Å². The highest BCUT2D eigenvalue weighted by Crippen LogP contribution is 2.21. The van der Waals surface area contributed by atoms with Crippen molar-refractivity contribution >= 4 is 5.78 Å². The quantitative estimate of drug-likeness (QED) is 0.589. The van der Waals surface area contributed by atoms with Gasteiger partial charge < -0.3 is 0 Å². The van der Waals surface area contributed by atoms with Crippen LogP contribution in [-0.2, 0) is 4.79 Å². The summed E-state index contributed by atoms with van der Waals surface area (Å²) in [5.74, 6) is 0.783. The van der Waals surface area contributed by atoms with Gasteiger partial charge in [0, 0.05) is 11.8 Å². The van der Waals surface area contributed by atoms with Gasteiger partial charge in [-0.25, -0.2) is 0 Å². The fourth-order valence-corrected chi connectivity index (χ4v) is 0.991. The zero-order valence-corrected chi connectivity index (χ0v) is 8.68. The average Bonchev–Trinajstić information content (AvgIpc) is 1.85. The van der Waals surface area contributed by atoms with E-state index in [1.54, 1.807) is 0 Å². The predicted molar refractivity (Wildman–Crippen MR) is 53.1 cm³/mol. The molecule has 1 atom stereocenters. The molecule has 0 amide bonds. The van der Waals surface area contributed by atoms with Crippen molar-refractivity contribution in [2.45, 2.75) is 40.5 Å². The van der Waals surface area contributed by atoms with Crippen LogP contribution in [0.3, 0.4) is 0 Å². The molecule has 0 aromatic heterocycles. The maximum absolute atomic E-state index is 11.5. The van der Waals surface area contributed by atoms with E-state index in [4.69, 9.17) is 0 Å². The SMILES string of the molecule is C=CCC(C)CC(=O)C(C)(C)C. The third kappa shape index (κ3) is 4.32. The Morgan fingerprint density at radius 2 is 2.00 bits per heavy atom. The van der Waals surface area contributed by atoms with Crippen molar-refractivity contribution in [3.8, 4) is 0 Å². The van der Waals surface area contributed by atoms with Crippen molar-refractivity contribution < 1.29 is 4.79 Å². The van der Waals surface area contributed by atoms with Crippen molar-refractivity contribution in [2.24, 2.45) is 11.3 Å². The van der Waals surface area contributed by atoms with Gasteiger partial charge in [0.1, 0.15) is 5.78 Å². The van der Waals surface area contributed by atoms with Crippen LogP contribution in [0.4, 0.5) is 0 Å². The van der Waals surface area contributed by atoms with Crippen LogP contribution in [-0.4, -0.2) is 5.78 Å². The van der Waals surface area contributed by atoms with E-state index in [-0.39, 0.29) is 5.41 Å². The second-order valence-electron chi connectivity index (χ2n) is 4.51. The van der Waals surface area contributed by atoms with Crippen molar-refractivity contribution in [3.05, 3.63) is 12.7 Å². The maximum Gasteiger partial charge on any atom is 0.138 e. The normalized spacial score (nSPS) is 14.0. The Kier molecular flexibility index (Phi) is 4.22. The number of rotatable bonds is 4. The van der Waals surface area contributed by atoms with Crippen LogP contribution >= 0.6 is 0 Å². The summed E-state index contributed by atoms with van der Waals surface area (Å²) in [5, 5.41) is 0. The summed E-state index contributed by atoms with van der Waals surface area (Å²) in [7, 11) is 0. The molecule has 1 nitrogen and oxygen atoms in total. The molecule has 0 aromatic carbocycles. The lowest BCUT2D eigenvalue weighted by atomic mass is 9.85. The second-order valence-corrected chi connectivity index (χ2v) is 4.51. The molecule has 0 spiro atoms. The van der Waals surface area contributed by atoms with Crippen LogP contribution in [0.25, 0.3) is 0 Å². The van der Waals surface area contributed by atoms with E-state index < -0.39 is 0 Å². The lowest BCUT2D eigenvalue weighted by Gasteiger charge is -2.18. The number of carbonyl (C=O) groups excluding carboxylic acids is 1. The Morgan fingerprint density at radius 3 is 2.33 bits per heavy atom. The molecule has 1 heteroatoms. The molecule has 0 rings (SSSR count). The second kappa shape index (κ2) is 4.44. The van der Waals surface area contributed by atoms with Gasteiger partial charge in [0.05, 0.1) is 0 Å². The number of carbonyl (C=O) groups is 1. The number of hydrogen-bond acceptors (Lipinski definition) is 1. The first-order valence-electron chi connectivity index (χ1n) is 4.52. The van der Waals surface area contributed by atoms with Gasteiger partial charge in [0.25, 0.3) is 0 Å². The first-order chi connectivity index (χ1) is 5.38.